The molecule has 3 heterocycles. The van der Waals surface area contributed by atoms with Gasteiger partial charge in [0.15, 0.2) is 0 Å². The number of pyridine rings is 1. The van der Waals surface area contributed by atoms with Crippen LogP contribution in [0.3, 0.4) is 0 Å². The molecule has 1 aromatic carbocycles. The molecule has 7 nitrogen and oxygen atoms in total. The highest BCUT2D eigenvalue weighted by molar-refractivity contribution is 7.17. The first-order chi connectivity index (χ1) is 14.7. The molecule has 3 aromatic heterocycles. The Morgan fingerprint density at radius 3 is 2.93 bits per heavy atom. The highest BCUT2D eigenvalue weighted by Crippen LogP contribution is 2.34. The predicted octanol–water partition coefficient (Wildman–Crippen LogP) is 4.17. The summed E-state index contributed by atoms with van der Waals surface area (Å²) in [5, 5.41) is 15.5. The van der Waals surface area contributed by atoms with Gasteiger partial charge < -0.3 is 15.2 Å². The number of rotatable bonds is 4. The molecule has 0 bridgehead atoms. The Kier molecular flexibility index (Phi) is 5.02. The number of thiophene rings is 1. The highest BCUT2D eigenvalue weighted by atomic mass is 32.1. The average Bonchev–Trinajstić information content (AvgIpc) is 3.20. The number of aliphatic hydroxyl groups excluding tert-OH is 1. The van der Waals surface area contributed by atoms with E-state index in [4.69, 9.17) is 4.74 Å². The summed E-state index contributed by atoms with van der Waals surface area (Å²) in [4.78, 5) is 25.7. The Hall–Kier alpha value is -3.10. The van der Waals surface area contributed by atoms with Crippen LogP contribution in [0.4, 0.5) is 5.69 Å². The van der Waals surface area contributed by atoms with Gasteiger partial charge in [-0.05, 0) is 37.8 Å². The summed E-state index contributed by atoms with van der Waals surface area (Å²) < 4.78 is 7.12. The zero-order chi connectivity index (χ0) is 20.5. The van der Waals surface area contributed by atoms with Crippen molar-refractivity contribution in [3.8, 4) is 5.75 Å². The van der Waals surface area contributed by atoms with Gasteiger partial charge in [-0.15, -0.1) is 11.3 Å². The number of anilines is 1. The third-order valence-electron chi connectivity index (χ3n) is 5.37. The normalized spacial score (nSPS) is 19.1. The van der Waals surface area contributed by atoms with Gasteiger partial charge in [-0.3, -0.25) is 9.78 Å². The van der Waals surface area contributed by atoms with Crippen molar-refractivity contribution in [2.24, 2.45) is 0 Å². The standard InChI is InChI=1S/C22H20N4O3S/c27-14-3-5-15(6-4-14)29-19-9-17-13(2-1-7-24-17)8-18(19)26-22(28)16-11-30-20-10-23-12-25-21(16)20/h1-2,7-12,14-15,27H,3-6H2,(H,26,28)/t14-,15-. The predicted molar refractivity (Wildman–Crippen MR) is 116 cm³/mol. The molecule has 4 aromatic rings. The smallest absolute Gasteiger partial charge is 0.258 e. The number of amides is 1. The van der Waals surface area contributed by atoms with Crippen LogP contribution in [-0.4, -0.2) is 38.2 Å². The van der Waals surface area contributed by atoms with E-state index >= 15 is 0 Å². The third kappa shape index (κ3) is 3.71. The molecule has 2 N–H and O–H groups in total. The van der Waals surface area contributed by atoms with Crippen LogP contribution in [0.2, 0.25) is 0 Å². The van der Waals surface area contributed by atoms with E-state index in [-0.39, 0.29) is 18.1 Å². The maximum atomic E-state index is 13.0. The summed E-state index contributed by atoms with van der Waals surface area (Å²) in [5.41, 5.74) is 2.55. The first-order valence-electron chi connectivity index (χ1n) is 9.89. The molecule has 0 aliphatic heterocycles. The number of carbonyl (C=O) groups excluding carboxylic acids is 1. The molecule has 1 fully saturated rings. The second kappa shape index (κ2) is 7.97. The van der Waals surface area contributed by atoms with Crippen LogP contribution in [0.25, 0.3) is 21.1 Å². The second-order valence-electron chi connectivity index (χ2n) is 7.43. The van der Waals surface area contributed by atoms with Gasteiger partial charge in [-0.2, -0.15) is 0 Å². The number of ether oxygens (including phenoxy) is 1. The number of hydrogen-bond donors (Lipinski definition) is 2. The molecule has 1 aliphatic carbocycles. The first kappa shape index (κ1) is 18.9. The maximum absolute atomic E-state index is 13.0. The van der Waals surface area contributed by atoms with E-state index in [2.05, 4.69) is 20.3 Å². The molecule has 0 radical (unpaired) electrons. The summed E-state index contributed by atoms with van der Waals surface area (Å²) in [7, 11) is 0. The summed E-state index contributed by atoms with van der Waals surface area (Å²) in [5.74, 6) is 0.345. The van der Waals surface area contributed by atoms with E-state index in [0.29, 0.717) is 22.5 Å². The van der Waals surface area contributed by atoms with Crippen molar-refractivity contribution >= 4 is 44.1 Å². The number of hydrogen-bond acceptors (Lipinski definition) is 7. The van der Waals surface area contributed by atoms with Crippen molar-refractivity contribution in [1.29, 1.82) is 0 Å². The molecule has 0 atom stereocenters. The van der Waals surface area contributed by atoms with E-state index < -0.39 is 0 Å². The van der Waals surface area contributed by atoms with Gasteiger partial charge in [0.25, 0.3) is 5.91 Å². The van der Waals surface area contributed by atoms with Crippen LogP contribution < -0.4 is 10.1 Å². The summed E-state index contributed by atoms with van der Waals surface area (Å²) >= 11 is 1.44. The van der Waals surface area contributed by atoms with Crippen molar-refractivity contribution in [1.82, 2.24) is 15.0 Å². The Morgan fingerprint density at radius 2 is 2.07 bits per heavy atom. The number of nitrogens with zero attached hydrogens (tertiary/aromatic N) is 3. The number of carbonyl (C=O) groups is 1. The van der Waals surface area contributed by atoms with E-state index in [1.54, 1.807) is 17.8 Å². The van der Waals surface area contributed by atoms with Crippen LogP contribution in [0.15, 0.2) is 48.4 Å². The quantitative estimate of drug-likeness (QED) is 0.514. The van der Waals surface area contributed by atoms with E-state index in [1.165, 1.54) is 17.7 Å². The molecule has 30 heavy (non-hydrogen) atoms. The fourth-order valence-electron chi connectivity index (χ4n) is 3.77. The summed E-state index contributed by atoms with van der Waals surface area (Å²) in [6.07, 6.45) is 7.63. The molecule has 0 saturated heterocycles. The molecular formula is C22H20N4O3S. The fraction of sp³-hybridized carbons (Fsp3) is 0.273. The molecule has 5 rings (SSSR count). The number of benzene rings is 1. The first-order valence-corrected chi connectivity index (χ1v) is 10.8. The average molecular weight is 420 g/mol. The Balaban J connectivity index is 1.48. The maximum Gasteiger partial charge on any atom is 0.258 e. The molecule has 1 amide bonds. The second-order valence-corrected chi connectivity index (χ2v) is 8.34. The van der Waals surface area contributed by atoms with Crippen molar-refractivity contribution < 1.29 is 14.6 Å². The monoisotopic (exact) mass is 420 g/mol. The van der Waals surface area contributed by atoms with E-state index in [9.17, 15) is 9.90 Å². The van der Waals surface area contributed by atoms with Gasteiger partial charge in [0.05, 0.1) is 39.2 Å². The van der Waals surface area contributed by atoms with Gasteiger partial charge in [0.2, 0.25) is 0 Å². The number of aliphatic hydroxyl groups is 1. The minimum absolute atomic E-state index is 0.0000621. The number of aromatic nitrogens is 3. The zero-order valence-electron chi connectivity index (χ0n) is 16.1. The molecule has 1 saturated carbocycles. The highest BCUT2D eigenvalue weighted by Gasteiger charge is 2.23. The SMILES string of the molecule is O=C(Nc1cc2cccnc2cc1O[C@H]1CC[C@H](O)CC1)c1csc2cncnc12. The van der Waals surface area contributed by atoms with Gasteiger partial charge in [-0.25, -0.2) is 9.97 Å². The van der Waals surface area contributed by atoms with E-state index in [1.807, 2.05) is 24.3 Å². The summed E-state index contributed by atoms with van der Waals surface area (Å²) in [6.45, 7) is 0. The molecular weight excluding hydrogens is 400 g/mol. The van der Waals surface area contributed by atoms with Crippen molar-refractivity contribution in [3.05, 3.63) is 53.9 Å². The molecule has 1 aliphatic rings. The Morgan fingerprint density at radius 1 is 1.20 bits per heavy atom. The minimum atomic E-state index is -0.254. The van der Waals surface area contributed by atoms with Crippen molar-refractivity contribution in [2.45, 2.75) is 37.9 Å². The fourth-order valence-corrected chi connectivity index (χ4v) is 4.63. The zero-order valence-corrected chi connectivity index (χ0v) is 16.9. The van der Waals surface area contributed by atoms with Crippen LogP contribution in [0.5, 0.6) is 5.75 Å². The topological polar surface area (TPSA) is 97.2 Å². The third-order valence-corrected chi connectivity index (χ3v) is 6.28. The number of nitrogens with one attached hydrogen (secondary N) is 1. The lowest BCUT2D eigenvalue weighted by molar-refractivity contribution is 0.0669. The Bertz CT molecular complexity index is 1220. The van der Waals surface area contributed by atoms with Crippen LogP contribution in [-0.2, 0) is 0 Å². The largest absolute Gasteiger partial charge is 0.488 e. The van der Waals surface area contributed by atoms with Crippen LogP contribution >= 0.6 is 11.3 Å². The van der Waals surface area contributed by atoms with E-state index in [0.717, 1.165) is 41.3 Å². The van der Waals surface area contributed by atoms with Crippen LogP contribution in [0, 0.1) is 0 Å². The van der Waals surface area contributed by atoms with Gasteiger partial charge in [-0.1, -0.05) is 6.07 Å². The number of fused-ring (bicyclic) bond motifs is 2. The lowest BCUT2D eigenvalue weighted by atomic mass is 9.95. The Labute approximate surface area is 176 Å². The van der Waals surface area contributed by atoms with Gasteiger partial charge in [0.1, 0.15) is 12.1 Å². The molecule has 0 unspecified atom stereocenters. The molecule has 152 valence electrons. The van der Waals surface area contributed by atoms with Gasteiger partial charge >= 0.3 is 0 Å². The lowest BCUT2D eigenvalue weighted by Crippen LogP contribution is -2.27. The van der Waals surface area contributed by atoms with Crippen LogP contribution in [0.1, 0.15) is 36.0 Å². The molecule has 8 heteroatoms. The lowest BCUT2D eigenvalue weighted by Gasteiger charge is -2.27. The summed E-state index contributed by atoms with van der Waals surface area (Å²) in [6, 6.07) is 7.56. The molecule has 0 spiro atoms. The minimum Gasteiger partial charge on any atom is -0.488 e. The van der Waals surface area contributed by atoms with Crippen molar-refractivity contribution in [2.75, 3.05) is 5.32 Å². The van der Waals surface area contributed by atoms with Crippen molar-refractivity contribution in [3.63, 3.8) is 0 Å². The van der Waals surface area contributed by atoms with Gasteiger partial charge in [0, 0.05) is 29.2 Å².